The van der Waals surface area contributed by atoms with Crippen molar-refractivity contribution in [3.63, 3.8) is 0 Å². The molecule has 0 radical (unpaired) electrons. The molecule has 2 saturated heterocycles. The highest BCUT2D eigenvalue weighted by Gasteiger charge is 2.34. The molecule has 2 aromatic carbocycles. The number of nitrogens with zero attached hydrogens (tertiary/aromatic N) is 3. The number of anilines is 1. The molecule has 176 valence electrons. The first-order valence-electron chi connectivity index (χ1n) is 11.3. The number of urea groups is 1. The van der Waals surface area contributed by atoms with E-state index in [2.05, 4.69) is 5.32 Å². The number of sulfonamides is 1. The normalized spacial score (nSPS) is 18.2. The maximum Gasteiger partial charge on any atom is 0.321 e. The molecule has 9 heteroatoms. The van der Waals surface area contributed by atoms with Crippen molar-refractivity contribution in [3.8, 4) is 0 Å². The largest absolute Gasteiger partial charge is 0.340 e. The number of hydrogen-bond donors (Lipinski definition) is 1. The minimum Gasteiger partial charge on any atom is -0.340 e. The van der Waals surface area contributed by atoms with E-state index in [1.165, 1.54) is 4.31 Å². The Morgan fingerprint density at radius 1 is 0.818 bits per heavy atom. The van der Waals surface area contributed by atoms with Gasteiger partial charge in [0.2, 0.25) is 15.9 Å². The zero-order valence-corrected chi connectivity index (χ0v) is 19.6. The summed E-state index contributed by atoms with van der Waals surface area (Å²) in [7, 11) is -3.55. The fourth-order valence-electron chi connectivity index (χ4n) is 4.32. The Hall–Kier alpha value is -2.91. The van der Waals surface area contributed by atoms with Crippen LogP contribution in [-0.2, 0) is 14.8 Å². The van der Waals surface area contributed by atoms with Crippen LogP contribution in [0.3, 0.4) is 0 Å². The Labute approximate surface area is 195 Å². The molecule has 33 heavy (non-hydrogen) atoms. The number of para-hydroxylation sites is 1. The molecule has 2 aliphatic heterocycles. The second-order valence-corrected chi connectivity index (χ2v) is 10.5. The van der Waals surface area contributed by atoms with Gasteiger partial charge in [0.15, 0.2) is 0 Å². The number of piperidine rings is 1. The summed E-state index contributed by atoms with van der Waals surface area (Å²) in [6, 6.07) is 16.0. The maximum absolute atomic E-state index is 13.0. The molecule has 0 saturated carbocycles. The van der Waals surface area contributed by atoms with Gasteiger partial charge < -0.3 is 15.1 Å². The van der Waals surface area contributed by atoms with E-state index in [-0.39, 0.29) is 22.8 Å². The number of carbonyl (C=O) groups excluding carboxylic acids is 2. The van der Waals surface area contributed by atoms with Gasteiger partial charge in [0.1, 0.15) is 0 Å². The first kappa shape index (κ1) is 23.3. The van der Waals surface area contributed by atoms with Crippen LogP contribution in [-0.4, -0.2) is 73.7 Å². The third kappa shape index (κ3) is 5.36. The minimum absolute atomic E-state index is 0.0606. The van der Waals surface area contributed by atoms with E-state index in [0.717, 1.165) is 11.3 Å². The van der Waals surface area contributed by atoms with Crippen molar-refractivity contribution in [1.82, 2.24) is 14.1 Å². The van der Waals surface area contributed by atoms with E-state index in [4.69, 9.17) is 0 Å². The van der Waals surface area contributed by atoms with Gasteiger partial charge in [-0.2, -0.15) is 4.31 Å². The summed E-state index contributed by atoms with van der Waals surface area (Å²) in [5.74, 6) is -0.0727. The second-order valence-electron chi connectivity index (χ2n) is 8.60. The van der Waals surface area contributed by atoms with E-state index >= 15 is 0 Å². The molecule has 0 aromatic heterocycles. The lowest BCUT2D eigenvalue weighted by molar-refractivity contribution is -0.138. The average Bonchev–Trinajstić information content (AvgIpc) is 2.84. The molecule has 0 bridgehead atoms. The SMILES string of the molecule is Cc1ccc(S(=O)(=O)N2CCN(C(=O)C3CCN(C(=O)Nc4ccccc4)CC3)CC2)cc1. The molecule has 3 amide bonds. The van der Waals surface area contributed by atoms with Crippen molar-refractivity contribution in [2.75, 3.05) is 44.6 Å². The fraction of sp³-hybridized carbons (Fsp3) is 0.417. The molecule has 2 fully saturated rings. The van der Waals surface area contributed by atoms with Crippen LogP contribution >= 0.6 is 0 Å². The zero-order chi connectivity index (χ0) is 23.4. The Morgan fingerprint density at radius 2 is 1.42 bits per heavy atom. The number of amides is 3. The van der Waals surface area contributed by atoms with Gasteiger partial charge in [-0.25, -0.2) is 13.2 Å². The van der Waals surface area contributed by atoms with Crippen LogP contribution in [0.15, 0.2) is 59.5 Å². The summed E-state index contributed by atoms with van der Waals surface area (Å²) in [6.45, 7) is 4.33. The third-order valence-electron chi connectivity index (χ3n) is 6.37. The first-order valence-corrected chi connectivity index (χ1v) is 12.8. The van der Waals surface area contributed by atoms with Gasteiger partial charge in [-0.05, 0) is 44.0 Å². The predicted molar refractivity (Wildman–Crippen MR) is 126 cm³/mol. The predicted octanol–water partition coefficient (Wildman–Crippen LogP) is 2.77. The molecule has 0 spiro atoms. The molecule has 4 rings (SSSR count). The molecule has 2 aromatic rings. The molecular weight excluding hydrogens is 440 g/mol. The summed E-state index contributed by atoms with van der Waals surface area (Å²) >= 11 is 0. The highest BCUT2D eigenvalue weighted by molar-refractivity contribution is 7.89. The van der Waals surface area contributed by atoms with Crippen molar-refractivity contribution >= 4 is 27.6 Å². The lowest BCUT2D eigenvalue weighted by atomic mass is 9.95. The molecule has 2 aliphatic rings. The number of rotatable bonds is 4. The van der Waals surface area contributed by atoms with Crippen LogP contribution in [0.25, 0.3) is 0 Å². The van der Waals surface area contributed by atoms with Gasteiger partial charge in [0.25, 0.3) is 0 Å². The highest BCUT2D eigenvalue weighted by Crippen LogP contribution is 2.23. The monoisotopic (exact) mass is 470 g/mol. The number of likely N-dealkylation sites (tertiary alicyclic amines) is 1. The molecule has 0 atom stereocenters. The van der Waals surface area contributed by atoms with Gasteiger partial charge >= 0.3 is 6.03 Å². The Balaban J connectivity index is 1.26. The fourth-order valence-corrected chi connectivity index (χ4v) is 5.74. The summed E-state index contributed by atoms with van der Waals surface area (Å²) in [5, 5.41) is 2.88. The highest BCUT2D eigenvalue weighted by atomic mass is 32.2. The molecule has 1 N–H and O–H groups in total. The Bertz CT molecular complexity index is 1070. The van der Waals surface area contributed by atoms with Crippen molar-refractivity contribution in [1.29, 1.82) is 0 Å². The van der Waals surface area contributed by atoms with Gasteiger partial charge in [0.05, 0.1) is 4.90 Å². The number of hydrogen-bond acceptors (Lipinski definition) is 4. The number of piperazine rings is 1. The number of carbonyl (C=O) groups is 2. The van der Waals surface area contributed by atoms with Gasteiger partial charge in [-0.1, -0.05) is 35.9 Å². The molecule has 8 nitrogen and oxygen atoms in total. The third-order valence-corrected chi connectivity index (χ3v) is 8.28. The zero-order valence-electron chi connectivity index (χ0n) is 18.8. The summed E-state index contributed by atoms with van der Waals surface area (Å²) in [6.07, 6.45) is 1.23. The Morgan fingerprint density at radius 3 is 2.03 bits per heavy atom. The first-order chi connectivity index (χ1) is 15.8. The van der Waals surface area contributed by atoms with Crippen LogP contribution in [0.2, 0.25) is 0 Å². The topological polar surface area (TPSA) is 90.0 Å². The molecular formula is C24H30N4O4S. The number of aryl methyl sites for hydroxylation is 1. The summed E-state index contributed by atoms with van der Waals surface area (Å²) in [5.41, 5.74) is 1.76. The Kier molecular flexibility index (Phi) is 6.99. The van der Waals surface area contributed by atoms with Crippen LogP contribution < -0.4 is 5.32 Å². The van der Waals surface area contributed by atoms with Crippen LogP contribution in [0.5, 0.6) is 0 Å². The van der Waals surface area contributed by atoms with Gasteiger partial charge in [0, 0.05) is 50.9 Å². The van der Waals surface area contributed by atoms with Crippen molar-refractivity contribution < 1.29 is 18.0 Å². The van der Waals surface area contributed by atoms with Gasteiger partial charge in [-0.15, -0.1) is 0 Å². The van der Waals surface area contributed by atoms with E-state index in [0.29, 0.717) is 52.1 Å². The molecule has 0 unspecified atom stereocenters. The van der Waals surface area contributed by atoms with E-state index in [9.17, 15) is 18.0 Å². The van der Waals surface area contributed by atoms with Crippen LogP contribution in [0.1, 0.15) is 18.4 Å². The summed E-state index contributed by atoms with van der Waals surface area (Å²) in [4.78, 5) is 29.3. The smallest absolute Gasteiger partial charge is 0.321 e. The number of benzene rings is 2. The number of nitrogens with one attached hydrogen (secondary N) is 1. The quantitative estimate of drug-likeness (QED) is 0.744. The van der Waals surface area contributed by atoms with E-state index in [1.54, 1.807) is 34.1 Å². The van der Waals surface area contributed by atoms with E-state index < -0.39 is 10.0 Å². The van der Waals surface area contributed by atoms with Crippen LogP contribution in [0.4, 0.5) is 10.5 Å². The molecule has 0 aliphatic carbocycles. The van der Waals surface area contributed by atoms with Crippen LogP contribution in [0, 0.1) is 12.8 Å². The minimum atomic E-state index is -3.55. The van der Waals surface area contributed by atoms with Gasteiger partial charge in [-0.3, -0.25) is 4.79 Å². The van der Waals surface area contributed by atoms with Crippen molar-refractivity contribution in [2.45, 2.75) is 24.7 Å². The van der Waals surface area contributed by atoms with Crippen molar-refractivity contribution in [3.05, 3.63) is 60.2 Å². The molecule has 2 heterocycles. The van der Waals surface area contributed by atoms with Crippen molar-refractivity contribution in [2.24, 2.45) is 5.92 Å². The average molecular weight is 471 g/mol. The van der Waals surface area contributed by atoms with E-state index in [1.807, 2.05) is 37.3 Å². The standard InChI is InChI=1S/C24H30N4O4S/c1-19-7-9-22(10-8-19)33(31,32)28-17-15-26(16-18-28)23(29)20-11-13-27(14-12-20)24(30)25-21-5-3-2-4-6-21/h2-10,20H,11-18H2,1H3,(H,25,30). The maximum atomic E-state index is 13.0. The lowest BCUT2D eigenvalue weighted by Gasteiger charge is -2.38. The summed E-state index contributed by atoms with van der Waals surface area (Å²) < 4.78 is 27.2. The lowest BCUT2D eigenvalue weighted by Crippen LogP contribution is -2.53. The second kappa shape index (κ2) is 9.93.